The van der Waals surface area contributed by atoms with Crippen molar-refractivity contribution in [3.63, 3.8) is 0 Å². The molecule has 4 unspecified atom stereocenters. The molecule has 0 saturated heterocycles. The second-order valence-corrected chi connectivity index (χ2v) is 4.99. The summed E-state index contributed by atoms with van der Waals surface area (Å²) in [5, 5.41) is 0.570. The van der Waals surface area contributed by atoms with E-state index in [0.29, 0.717) is 5.25 Å². The van der Waals surface area contributed by atoms with Crippen molar-refractivity contribution in [3.05, 3.63) is 0 Å². The van der Waals surface area contributed by atoms with Crippen molar-refractivity contribution in [3.8, 4) is 0 Å². The third-order valence-electron chi connectivity index (χ3n) is 3.36. The van der Waals surface area contributed by atoms with E-state index >= 15 is 0 Å². The molecular formula is C10H20S. The van der Waals surface area contributed by atoms with Crippen LogP contribution in [0.15, 0.2) is 0 Å². The molecule has 0 nitrogen and oxygen atoms in total. The molecule has 0 aromatic carbocycles. The van der Waals surface area contributed by atoms with Gasteiger partial charge < -0.3 is 0 Å². The van der Waals surface area contributed by atoms with Gasteiger partial charge in [-0.3, -0.25) is 0 Å². The number of hydrogen-bond donors (Lipinski definition) is 1. The zero-order chi connectivity index (χ0) is 8.43. The molecule has 4 atom stereocenters. The summed E-state index contributed by atoms with van der Waals surface area (Å²) in [5.41, 5.74) is 0. The van der Waals surface area contributed by atoms with Gasteiger partial charge in [-0.05, 0) is 24.2 Å². The minimum Gasteiger partial charge on any atom is -0.176 e. The Kier molecular flexibility index (Phi) is 3.29. The van der Waals surface area contributed by atoms with E-state index in [-0.39, 0.29) is 0 Å². The van der Waals surface area contributed by atoms with E-state index in [0.717, 1.165) is 17.8 Å². The second kappa shape index (κ2) is 3.84. The highest BCUT2D eigenvalue weighted by Gasteiger charge is 2.29. The number of hydrogen-bond acceptors (Lipinski definition) is 1. The fourth-order valence-electron chi connectivity index (χ4n) is 2.31. The largest absolute Gasteiger partial charge is 0.176 e. The van der Waals surface area contributed by atoms with Crippen molar-refractivity contribution < 1.29 is 0 Å². The fraction of sp³-hybridized carbons (Fsp3) is 1.00. The van der Waals surface area contributed by atoms with E-state index in [1.165, 1.54) is 19.3 Å². The van der Waals surface area contributed by atoms with Crippen LogP contribution in [-0.2, 0) is 0 Å². The normalized spacial score (nSPS) is 37.1. The molecule has 11 heavy (non-hydrogen) atoms. The van der Waals surface area contributed by atoms with Crippen LogP contribution in [0.1, 0.15) is 40.0 Å². The lowest BCUT2D eigenvalue weighted by Crippen LogP contribution is -2.21. The molecule has 1 rings (SSSR count). The molecule has 66 valence electrons. The maximum absolute atomic E-state index is 4.51. The minimum absolute atomic E-state index is 0.570. The van der Waals surface area contributed by atoms with Gasteiger partial charge in [-0.15, -0.1) is 0 Å². The molecule has 0 aliphatic heterocycles. The highest BCUT2D eigenvalue weighted by molar-refractivity contribution is 7.80. The van der Waals surface area contributed by atoms with Crippen molar-refractivity contribution in [1.29, 1.82) is 0 Å². The van der Waals surface area contributed by atoms with Gasteiger partial charge in [0.1, 0.15) is 0 Å². The van der Waals surface area contributed by atoms with Crippen LogP contribution in [-0.4, -0.2) is 5.25 Å². The third kappa shape index (κ3) is 2.14. The van der Waals surface area contributed by atoms with E-state index in [4.69, 9.17) is 0 Å². The highest BCUT2D eigenvalue weighted by atomic mass is 32.1. The Morgan fingerprint density at radius 3 is 2.27 bits per heavy atom. The first kappa shape index (κ1) is 9.44. The molecule has 0 amide bonds. The van der Waals surface area contributed by atoms with Crippen LogP contribution in [0.4, 0.5) is 0 Å². The van der Waals surface area contributed by atoms with E-state index in [9.17, 15) is 0 Å². The van der Waals surface area contributed by atoms with Crippen molar-refractivity contribution in [1.82, 2.24) is 0 Å². The Balaban J connectivity index is 2.45. The summed E-state index contributed by atoms with van der Waals surface area (Å²) in [5.74, 6) is 2.69. The van der Waals surface area contributed by atoms with Gasteiger partial charge in [-0.25, -0.2) is 0 Å². The first-order valence-corrected chi connectivity index (χ1v) is 5.32. The van der Waals surface area contributed by atoms with Gasteiger partial charge >= 0.3 is 0 Å². The van der Waals surface area contributed by atoms with E-state index in [2.05, 4.69) is 33.4 Å². The monoisotopic (exact) mass is 172 g/mol. The van der Waals surface area contributed by atoms with Crippen LogP contribution in [0.5, 0.6) is 0 Å². The third-order valence-corrected chi connectivity index (χ3v) is 3.83. The lowest BCUT2D eigenvalue weighted by atomic mass is 9.84. The molecule has 1 aliphatic carbocycles. The van der Waals surface area contributed by atoms with Gasteiger partial charge in [0.25, 0.3) is 0 Å². The smallest absolute Gasteiger partial charge is 0.00168 e. The van der Waals surface area contributed by atoms with Crippen molar-refractivity contribution in [2.24, 2.45) is 17.8 Å². The Labute approximate surface area is 76.2 Å². The standard InChI is InChI=1S/C10H20S/c1-7-5-4-6-10(7)8(2)9(3)11/h7-11H,4-6H2,1-3H3. The van der Waals surface area contributed by atoms with Gasteiger partial charge in [0.15, 0.2) is 0 Å². The van der Waals surface area contributed by atoms with Crippen molar-refractivity contribution >= 4 is 12.6 Å². The number of rotatable bonds is 2. The molecule has 0 bridgehead atoms. The Morgan fingerprint density at radius 2 is 1.91 bits per heavy atom. The first-order chi connectivity index (χ1) is 5.13. The molecule has 1 aliphatic rings. The average molecular weight is 172 g/mol. The predicted octanol–water partition coefficient (Wildman–Crippen LogP) is 3.38. The Hall–Kier alpha value is 0.350. The predicted molar refractivity (Wildman–Crippen MR) is 54.1 cm³/mol. The average Bonchev–Trinajstić information content (AvgIpc) is 2.33. The summed E-state index contributed by atoms with van der Waals surface area (Å²) in [7, 11) is 0. The van der Waals surface area contributed by atoms with E-state index in [1.54, 1.807) is 0 Å². The van der Waals surface area contributed by atoms with Gasteiger partial charge in [0.05, 0.1) is 0 Å². The lowest BCUT2D eigenvalue weighted by Gasteiger charge is -2.25. The van der Waals surface area contributed by atoms with Crippen LogP contribution in [0, 0.1) is 17.8 Å². The zero-order valence-electron chi connectivity index (χ0n) is 7.88. The summed E-state index contributed by atoms with van der Waals surface area (Å²) >= 11 is 4.51. The zero-order valence-corrected chi connectivity index (χ0v) is 8.77. The molecule has 0 heterocycles. The fourth-order valence-corrected chi connectivity index (χ4v) is 2.53. The molecule has 0 N–H and O–H groups in total. The lowest BCUT2D eigenvalue weighted by molar-refractivity contribution is 0.294. The first-order valence-electron chi connectivity index (χ1n) is 4.81. The summed E-state index contributed by atoms with van der Waals surface area (Å²) in [6, 6.07) is 0. The Morgan fingerprint density at radius 1 is 1.27 bits per heavy atom. The molecule has 1 heteroatoms. The van der Waals surface area contributed by atoms with Crippen LogP contribution < -0.4 is 0 Å². The van der Waals surface area contributed by atoms with Gasteiger partial charge in [-0.1, -0.05) is 33.6 Å². The van der Waals surface area contributed by atoms with E-state index < -0.39 is 0 Å². The van der Waals surface area contributed by atoms with E-state index in [1.807, 2.05) is 0 Å². The summed E-state index contributed by atoms with van der Waals surface area (Å²) in [4.78, 5) is 0. The summed E-state index contributed by atoms with van der Waals surface area (Å²) in [6.45, 7) is 6.97. The Bertz CT molecular complexity index is 120. The molecule has 1 fully saturated rings. The molecule has 1 saturated carbocycles. The van der Waals surface area contributed by atoms with Crippen LogP contribution in [0.25, 0.3) is 0 Å². The maximum Gasteiger partial charge on any atom is 0.00168 e. The van der Waals surface area contributed by atoms with Crippen LogP contribution >= 0.6 is 12.6 Å². The quantitative estimate of drug-likeness (QED) is 0.607. The van der Waals surface area contributed by atoms with Gasteiger partial charge in [-0.2, -0.15) is 12.6 Å². The minimum atomic E-state index is 0.570. The van der Waals surface area contributed by atoms with Gasteiger partial charge in [0, 0.05) is 5.25 Å². The number of thiol groups is 1. The molecular weight excluding hydrogens is 152 g/mol. The van der Waals surface area contributed by atoms with Crippen molar-refractivity contribution in [2.45, 2.75) is 45.3 Å². The van der Waals surface area contributed by atoms with Crippen LogP contribution in [0.2, 0.25) is 0 Å². The summed E-state index contributed by atoms with van der Waals surface area (Å²) in [6.07, 6.45) is 4.32. The maximum atomic E-state index is 4.51. The second-order valence-electron chi connectivity index (χ2n) is 4.17. The van der Waals surface area contributed by atoms with Crippen molar-refractivity contribution in [2.75, 3.05) is 0 Å². The molecule has 0 aromatic rings. The summed E-state index contributed by atoms with van der Waals surface area (Å²) < 4.78 is 0. The molecule has 0 aromatic heterocycles. The van der Waals surface area contributed by atoms with Crippen LogP contribution in [0.3, 0.4) is 0 Å². The molecule has 0 spiro atoms. The highest BCUT2D eigenvalue weighted by Crippen LogP contribution is 2.38. The molecule has 0 radical (unpaired) electrons. The van der Waals surface area contributed by atoms with Gasteiger partial charge in [0.2, 0.25) is 0 Å². The SMILES string of the molecule is CC(S)C(C)C1CCCC1C. The topological polar surface area (TPSA) is 0 Å².